The van der Waals surface area contributed by atoms with Gasteiger partial charge in [-0.2, -0.15) is 5.10 Å². The van der Waals surface area contributed by atoms with E-state index in [0.717, 1.165) is 30.9 Å². The quantitative estimate of drug-likeness (QED) is 0.267. The van der Waals surface area contributed by atoms with E-state index in [0.29, 0.717) is 51.2 Å². The minimum absolute atomic E-state index is 0.168. The molecular formula is C30H34Cl2N6O3. The lowest BCUT2D eigenvalue weighted by Crippen LogP contribution is -2.33. The number of β-amino-alcohol motifs (C(OH)–C–C–N with tert-alkyl or cyclic N) is 1. The number of aryl methyl sites for hydroxylation is 1. The Morgan fingerprint density at radius 1 is 1.15 bits per heavy atom. The Balaban J connectivity index is 1.39. The Bertz CT molecular complexity index is 1550. The van der Waals surface area contributed by atoms with E-state index in [4.69, 9.17) is 32.9 Å². The van der Waals surface area contributed by atoms with Crippen LogP contribution in [0.2, 0.25) is 10.0 Å². The van der Waals surface area contributed by atoms with Crippen molar-refractivity contribution < 1.29 is 14.6 Å². The Hall–Kier alpha value is -3.24. The lowest BCUT2D eigenvalue weighted by Gasteiger charge is -2.20. The number of halogens is 2. The molecule has 9 nitrogen and oxygen atoms in total. The zero-order chi connectivity index (χ0) is 29.1. The number of hydrogen-bond acceptors (Lipinski definition) is 7. The van der Waals surface area contributed by atoms with Crippen molar-refractivity contribution in [3.05, 3.63) is 69.6 Å². The van der Waals surface area contributed by atoms with Crippen LogP contribution in [0.5, 0.6) is 5.75 Å². The Morgan fingerprint density at radius 3 is 2.63 bits per heavy atom. The summed E-state index contributed by atoms with van der Waals surface area (Å²) in [6, 6.07) is 10.4. The molecule has 0 radical (unpaired) electrons. The zero-order valence-corrected chi connectivity index (χ0v) is 25.0. The first kappa shape index (κ1) is 29.3. The molecule has 0 saturated carbocycles. The van der Waals surface area contributed by atoms with Crippen LogP contribution in [-0.4, -0.2) is 80.0 Å². The van der Waals surface area contributed by atoms with E-state index in [-0.39, 0.29) is 18.2 Å². The monoisotopic (exact) mass is 596 g/mol. The topological polar surface area (TPSA) is 96.6 Å². The van der Waals surface area contributed by atoms with Gasteiger partial charge in [-0.25, -0.2) is 9.97 Å². The Morgan fingerprint density at radius 2 is 1.93 bits per heavy atom. The molecule has 11 heteroatoms. The molecule has 0 spiro atoms. The fourth-order valence-corrected chi connectivity index (χ4v) is 5.55. The van der Waals surface area contributed by atoms with Gasteiger partial charge in [0.05, 0.1) is 16.7 Å². The number of likely N-dealkylation sites (tertiary alicyclic amines) is 1. The first-order valence-electron chi connectivity index (χ1n) is 13.8. The van der Waals surface area contributed by atoms with Crippen LogP contribution in [-0.2, 0) is 13.1 Å². The lowest BCUT2D eigenvalue weighted by atomic mass is 10.1. The number of aliphatic hydroxyl groups excluding tert-OH is 1. The molecule has 2 aromatic carbocycles. The van der Waals surface area contributed by atoms with Crippen molar-refractivity contribution in [2.45, 2.75) is 45.9 Å². The molecule has 1 amide bonds. The number of ether oxygens (including phenoxy) is 1. The SMILES string of the molecule is CCn1ncc(CN(C)C(=O)c2nc(-c3ccc(OCC(O)CN4CCCC4)cc3Cl)nc3ccc(Cl)cc23)c1C. The van der Waals surface area contributed by atoms with E-state index in [9.17, 15) is 9.90 Å². The van der Waals surface area contributed by atoms with Crippen molar-refractivity contribution in [2.75, 3.05) is 33.3 Å². The van der Waals surface area contributed by atoms with Crippen molar-refractivity contribution in [2.24, 2.45) is 0 Å². The molecule has 1 N–H and O–H groups in total. The number of fused-ring (bicyclic) bond motifs is 1. The molecule has 3 heterocycles. The third-order valence-electron chi connectivity index (χ3n) is 7.41. The number of benzene rings is 2. The third-order valence-corrected chi connectivity index (χ3v) is 7.96. The van der Waals surface area contributed by atoms with Gasteiger partial charge in [-0.15, -0.1) is 0 Å². The normalized spacial score (nSPS) is 14.5. The number of amides is 1. The molecule has 41 heavy (non-hydrogen) atoms. The number of nitrogens with zero attached hydrogens (tertiary/aromatic N) is 6. The van der Waals surface area contributed by atoms with E-state index < -0.39 is 6.10 Å². The summed E-state index contributed by atoms with van der Waals surface area (Å²) >= 11 is 13.0. The van der Waals surface area contributed by atoms with Crippen LogP contribution < -0.4 is 4.74 Å². The van der Waals surface area contributed by atoms with Gasteiger partial charge in [-0.05, 0) is 76.2 Å². The van der Waals surface area contributed by atoms with Crippen LogP contribution in [0.1, 0.15) is 41.5 Å². The summed E-state index contributed by atoms with van der Waals surface area (Å²) < 4.78 is 7.72. The Labute approximate surface area is 249 Å². The highest BCUT2D eigenvalue weighted by Crippen LogP contribution is 2.32. The number of aliphatic hydroxyl groups is 1. The summed E-state index contributed by atoms with van der Waals surface area (Å²) in [5.41, 5.74) is 3.35. The standard InChI is InChI=1S/C30H34Cl2N6O3/c1-4-38-19(2)20(15-33-38)16-36(3)30(40)28-25-13-21(31)7-10-27(25)34-29(35-28)24-9-8-23(14-26(24)32)41-18-22(39)17-37-11-5-6-12-37/h7-10,13-15,22,39H,4-6,11-12,16-18H2,1-3H3. The van der Waals surface area contributed by atoms with Crippen LogP contribution in [0.4, 0.5) is 0 Å². The van der Waals surface area contributed by atoms with Crippen LogP contribution in [0.25, 0.3) is 22.3 Å². The second-order valence-electron chi connectivity index (χ2n) is 10.4. The van der Waals surface area contributed by atoms with Gasteiger partial charge < -0.3 is 19.6 Å². The maximum absolute atomic E-state index is 13.7. The molecule has 1 atom stereocenters. The van der Waals surface area contributed by atoms with Gasteiger partial charge in [0.15, 0.2) is 5.82 Å². The molecule has 1 fully saturated rings. The smallest absolute Gasteiger partial charge is 0.273 e. The number of aromatic nitrogens is 4. The summed E-state index contributed by atoms with van der Waals surface area (Å²) in [5, 5.41) is 16.2. The maximum Gasteiger partial charge on any atom is 0.273 e. The van der Waals surface area contributed by atoms with Gasteiger partial charge in [0.2, 0.25) is 0 Å². The van der Waals surface area contributed by atoms with Gasteiger partial charge in [0, 0.05) is 53.9 Å². The summed E-state index contributed by atoms with van der Waals surface area (Å²) in [6.45, 7) is 7.94. The molecule has 0 aliphatic carbocycles. The van der Waals surface area contributed by atoms with E-state index in [1.807, 2.05) is 18.5 Å². The highest BCUT2D eigenvalue weighted by molar-refractivity contribution is 6.33. The van der Waals surface area contributed by atoms with Crippen LogP contribution in [0.3, 0.4) is 0 Å². The molecule has 2 aromatic heterocycles. The molecule has 216 valence electrons. The first-order valence-corrected chi connectivity index (χ1v) is 14.6. The van der Waals surface area contributed by atoms with Crippen molar-refractivity contribution in [1.82, 2.24) is 29.5 Å². The van der Waals surface area contributed by atoms with Gasteiger partial charge in [0.25, 0.3) is 5.91 Å². The average molecular weight is 598 g/mol. The average Bonchev–Trinajstić information content (AvgIpc) is 3.60. The molecular weight excluding hydrogens is 563 g/mol. The summed E-state index contributed by atoms with van der Waals surface area (Å²) in [5.74, 6) is 0.579. The second-order valence-corrected chi connectivity index (χ2v) is 11.2. The maximum atomic E-state index is 13.7. The molecule has 1 aliphatic heterocycles. The van der Waals surface area contributed by atoms with E-state index in [1.54, 1.807) is 54.5 Å². The molecule has 1 aliphatic rings. The number of carbonyl (C=O) groups excluding carboxylic acids is 1. The Kier molecular flexibility index (Phi) is 9.09. The van der Waals surface area contributed by atoms with Gasteiger partial charge in [-0.1, -0.05) is 23.2 Å². The predicted molar refractivity (Wildman–Crippen MR) is 161 cm³/mol. The molecule has 4 aromatic rings. The van der Waals surface area contributed by atoms with Crippen LogP contribution >= 0.6 is 23.2 Å². The zero-order valence-electron chi connectivity index (χ0n) is 23.5. The highest BCUT2D eigenvalue weighted by atomic mass is 35.5. The van der Waals surface area contributed by atoms with E-state index >= 15 is 0 Å². The molecule has 0 bridgehead atoms. The summed E-state index contributed by atoms with van der Waals surface area (Å²) in [6.07, 6.45) is 3.54. The number of hydrogen-bond donors (Lipinski definition) is 1. The third kappa shape index (κ3) is 6.64. The van der Waals surface area contributed by atoms with Gasteiger partial charge >= 0.3 is 0 Å². The minimum Gasteiger partial charge on any atom is -0.491 e. The molecule has 5 rings (SSSR count). The second kappa shape index (κ2) is 12.7. The first-order chi connectivity index (χ1) is 19.7. The van der Waals surface area contributed by atoms with Crippen LogP contribution in [0, 0.1) is 6.92 Å². The van der Waals surface area contributed by atoms with Gasteiger partial charge in [0.1, 0.15) is 24.2 Å². The van der Waals surface area contributed by atoms with Crippen molar-refractivity contribution in [1.29, 1.82) is 0 Å². The van der Waals surface area contributed by atoms with Crippen molar-refractivity contribution in [3.63, 3.8) is 0 Å². The van der Waals surface area contributed by atoms with Crippen molar-refractivity contribution >= 4 is 40.0 Å². The molecule has 1 unspecified atom stereocenters. The van der Waals surface area contributed by atoms with Crippen molar-refractivity contribution in [3.8, 4) is 17.1 Å². The number of rotatable bonds is 10. The molecule has 1 saturated heterocycles. The predicted octanol–water partition coefficient (Wildman–Crippen LogP) is 5.24. The van der Waals surface area contributed by atoms with Gasteiger partial charge in [-0.3, -0.25) is 9.48 Å². The largest absolute Gasteiger partial charge is 0.491 e. The lowest BCUT2D eigenvalue weighted by molar-refractivity contribution is 0.0758. The van der Waals surface area contributed by atoms with Crippen LogP contribution in [0.15, 0.2) is 42.6 Å². The highest BCUT2D eigenvalue weighted by Gasteiger charge is 2.22. The minimum atomic E-state index is -0.590. The summed E-state index contributed by atoms with van der Waals surface area (Å²) in [7, 11) is 1.74. The fourth-order valence-electron chi connectivity index (χ4n) is 5.13. The summed E-state index contributed by atoms with van der Waals surface area (Å²) in [4.78, 5) is 27.0. The fraction of sp³-hybridized carbons (Fsp3) is 0.400. The number of carbonyl (C=O) groups is 1. The van der Waals surface area contributed by atoms with E-state index in [1.165, 1.54) is 12.8 Å². The van der Waals surface area contributed by atoms with E-state index in [2.05, 4.69) is 15.0 Å².